The van der Waals surface area contributed by atoms with Gasteiger partial charge in [-0.2, -0.15) is 0 Å². The number of hydrogen-bond acceptors (Lipinski definition) is 4. The monoisotopic (exact) mass is 246 g/mol. The van der Waals surface area contributed by atoms with E-state index in [-0.39, 0.29) is 12.0 Å². The van der Waals surface area contributed by atoms with Crippen molar-refractivity contribution in [1.29, 1.82) is 0 Å². The summed E-state index contributed by atoms with van der Waals surface area (Å²) in [6, 6.07) is 9.87. The number of nitrogens with one attached hydrogen (secondary N) is 2. The Kier molecular flexibility index (Phi) is 4.93. The number of hydrogen-bond donors (Lipinski definition) is 2. The maximum atomic E-state index is 11.5. The highest BCUT2D eigenvalue weighted by molar-refractivity contribution is 5.82. The van der Waals surface area contributed by atoms with E-state index in [0.717, 1.165) is 25.2 Å². The molecule has 0 spiro atoms. The maximum absolute atomic E-state index is 11.5. The van der Waals surface area contributed by atoms with Crippen molar-refractivity contribution >= 4 is 5.97 Å². The second-order valence-corrected chi connectivity index (χ2v) is 4.22. The zero-order valence-electron chi connectivity index (χ0n) is 10.3. The number of esters is 1. The third-order valence-electron chi connectivity index (χ3n) is 2.76. The van der Waals surface area contributed by atoms with Crippen LogP contribution in [0.2, 0.25) is 0 Å². The van der Waals surface area contributed by atoms with Gasteiger partial charge in [0.2, 0.25) is 0 Å². The van der Waals surface area contributed by atoms with Crippen LogP contribution in [-0.4, -0.2) is 31.6 Å². The average Bonchev–Trinajstić information content (AvgIpc) is 2.45. The van der Waals surface area contributed by atoms with Gasteiger partial charge in [0.1, 0.15) is 6.61 Å². The first-order chi connectivity index (χ1) is 8.84. The summed E-state index contributed by atoms with van der Waals surface area (Å²) < 4.78 is 5.15. The summed E-state index contributed by atoms with van der Waals surface area (Å²) in [7, 11) is 0. The predicted octanol–water partition coefficient (Wildman–Crippen LogP) is 0.847. The average molecular weight is 246 g/mol. The molecule has 1 heterocycles. The fraction of sp³-hybridized carbons (Fsp3) is 0.357. The Morgan fingerprint density at radius 1 is 1.33 bits per heavy atom. The highest BCUT2D eigenvalue weighted by atomic mass is 16.5. The van der Waals surface area contributed by atoms with Crippen molar-refractivity contribution in [2.24, 2.45) is 0 Å². The van der Waals surface area contributed by atoms with Crippen LogP contribution in [0.15, 0.2) is 42.5 Å². The third-order valence-corrected chi connectivity index (χ3v) is 2.76. The Bertz CT molecular complexity index is 398. The number of piperazine rings is 1. The number of ether oxygens (including phenoxy) is 1. The first-order valence-corrected chi connectivity index (χ1v) is 6.17. The molecule has 0 aromatic heterocycles. The molecule has 0 unspecified atom stereocenters. The molecule has 0 aliphatic carbocycles. The Hall–Kier alpha value is -1.65. The summed E-state index contributed by atoms with van der Waals surface area (Å²) in [6.45, 7) is 3.07. The molecule has 18 heavy (non-hydrogen) atoms. The van der Waals surface area contributed by atoms with Gasteiger partial charge in [0.05, 0.1) is 0 Å². The highest BCUT2D eigenvalue weighted by Gasteiger charge is 2.08. The van der Waals surface area contributed by atoms with Gasteiger partial charge in [-0.05, 0) is 5.56 Å². The summed E-state index contributed by atoms with van der Waals surface area (Å²) >= 11 is 0. The van der Waals surface area contributed by atoms with E-state index in [2.05, 4.69) is 10.6 Å². The third kappa shape index (κ3) is 4.31. The van der Waals surface area contributed by atoms with Crippen LogP contribution in [0.5, 0.6) is 0 Å². The maximum Gasteiger partial charge on any atom is 0.330 e. The largest absolute Gasteiger partial charge is 0.458 e. The molecular weight excluding hydrogens is 228 g/mol. The van der Waals surface area contributed by atoms with Crippen LogP contribution in [0, 0.1) is 0 Å². The normalized spacial score (nSPS) is 19.9. The minimum absolute atomic E-state index is 0.211. The first-order valence-electron chi connectivity index (χ1n) is 6.17. The van der Waals surface area contributed by atoms with Crippen molar-refractivity contribution in [3.05, 3.63) is 48.0 Å². The molecule has 0 saturated carbocycles. The lowest BCUT2D eigenvalue weighted by molar-refractivity contribution is -0.139. The van der Waals surface area contributed by atoms with Gasteiger partial charge >= 0.3 is 5.97 Å². The van der Waals surface area contributed by atoms with Crippen LogP contribution in [0.3, 0.4) is 0 Å². The molecule has 2 rings (SSSR count). The zero-order chi connectivity index (χ0) is 12.6. The van der Waals surface area contributed by atoms with E-state index in [0.29, 0.717) is 6.61 Å². The van der Waals surface area contributed by atoms with Gasteiger partial charge in [0.25, 0.3) is 0 Å². The Morgan fingerprint density at radius 2 is 2.17 bits per heavy atom. The Balaban J connectivity index is 1.73. The molecule has 1 atom stereocenters. The van der Waals surface area contributed by atoms with Crippen molar-refractivity contribution in [2.75, 3.05) is 19.6 Å². The van der Waals surface area contributed by atoms with Gasteiger partial charge in [-0.3, -0.25) is 0 Å². The predicted molar refractivity (Wildman–Crippen MR) is 70.0 cm³/mol. The van der Waals surface area contributed by atoms with Crippen molar-refractivity contribution < 1.29 is 9.53 Å². The van der Waals surface area contributed by atoms with E-state index in [1.165, 1.54) is 6.08 Å². The molecule has 1 aromatic rings. The Labute approximate surface area is 107 Å². The molecule has 2 N–H and O–H groups in total. The van der Waals surface area contributed by atoms with Gasteiger partial charge in [0, 0.05) is 31.8 Å². The van der Waals surface area contributed by atoms with E-state index < -0.39 is 0 Å². The van der Waals surface area contributed by atoms with Crippen LogP contribution in [0.25, 0.3) is 0 Å². The SMILES string of the molecule is O=C(/C=C/[C@H]1CNCCN1)OCc1ccccc1. The van der Waals surface area contributed by atoms with Gasteiger partial charge in [-0.1, -0.05) is 36.4 Å². The molecule has 4 nitrogen and oxygen atoms in total. The van der Waals surface area contributed by atoms with Crippen LogP contribution < -0.4 is 10.6 Å². The smallest absolute Gasteiger partial charge is 0.330 e. The van der Waals surface area contributed by atoms with E-state index >= 15 is 0 Å². The summed E-state index contributed by atoms with van der Waals surface area (Å²) in [4.78, 5) is 11.5. The number of carbonyl (C=O) groups excluding carboxylic acids is 1. The summed E-state index contributed by atoms with van der Waals surface area (Å²) in [5, 5.41) is 6.54. The van der Waals surface area contributed by atoms with Crippen LogP contribution in [0.4, 0.5) is 0 Å². The lowest BCUT2D eigenvalue weighted by Gasteiger charge is -2.21. The van der Waals surface area contributed by atoms with Gasteiger partial charge in [-0.25, -0.2) is 4.79 Å². The van der Waals surface area contributed by atoms with Crippen molar-refractivity contribution in [2.45, 2.75) is 12.6 Å². The van der Waals surface area contributed by atoms with E-state index in [1.807, 2.05) is 36.4 Å². The quantitative estimate of drug-likeness (QED) is 0.611. The van der Waals surface area contributed by atoms with Gasteiger partial charge in [0.15, 0.2) is 0 Å². The molecule has 0 bridgehead atoms. The summed E-state index contributed by atoms with van der Waals surface area (Å²) in [5.41, 5.74) is 0.997. The zero-order valence-corrected chi connectivity index (χ0v) is 10.3. The standard InChI is InChI=1S/C14H18N2O2/c17-14(7-6-13-10-15-8-9-16-13)18-11-12-4-2-1-3-5-12/h1-7,13,15-16H,8-11H2/b7-6+/t13-/m0/s1. The molecule has 1 aliphatic rings. The molecule has 0 amide bonds. The molecule has 1 saturated heterocycles. The molecule has 1 fully saturated rings. The number of carbonyl (C=O) groups is 1. The van der Waals surface area contributed by atoms with Gasteiger partial charge < -0.3 is 15.4 Å². The molecule has 1 aliphatic heterocycles. The minimum atomic E-state index is -0.300. The van der Waals surface area contributed by atoms with Crippen molar-refractivity contribution in [1.82, 2.24) is 10.6 Å². The molecule has 1 aromatic carbocycles. The highest BCUT2D eigenvalue weighted by Crippen LogP contribution is 2.01. The van der Waals surface area contributed by atoms with Crippen molar-refractivity contribution in [3.63, 3.8) is 0 Å². The van der Waals surface area contributed by atoms with Crippen LogP contribution >= 0.6 is 0 Å². The summed E-state index contributed by atoms with van der Waals surface area (Å²) in [5.74, 6) is -0.300. The van der Waals surface area contributed by atoms with Crippen molar-refractivity contribution in [3.8, 4) is 0 Å². The number of benzene rings is 1. The van der Waals surface area contributed by atoms with Crippen LogP contribution in [-0.2, 0) is 16.1 Å². The van der Waals surface area contributed by atoms with Crippen LogP contribution in [0.1, 0.15) is 5.56 Å². The fourth-order valence-electron chi connectivity index (χ4n) is 1.78. The fourth-order valence-corrected chi connectivity index (χ4v) is 1.78. The van der Waals surface area contributed by atoms with Gasteiger partial charge in [-0.15, -0.1) is 0 Å². The number of rotatable bonds is 4. The van der Waals surface area contributed by atoms with E-state index in [4.69, 9.17) is 4.74 Å². The molecule has 96 valence electrons. The topological polar surface area (TPSA) is 50.4 Å². The first kappa shape index (κ1) is 12.8. The molecule has 0 radical (unpaired) electrons. The lowest BCUT2D eigenvalue weighted by Crippen LogP contribution is -2.47. The second-order valence-electron chi connectivity index (χ2n) is 4.22. The van der Waals surface area contributed by atoms with E-state index in [9.17, 15) is 4.79 Å². The lowest BCUT2D eigenvalue weighted by atomic mass is 10.2. The van der Waals surface area contributed by atoms with E-state index in [1.54, 1.807) is 0 Å². The summed E-state index contributed by atoms with van der Waals surface area (Å²) in [6.07, 6.45) is 3.34. The Morgan fingerprint density at radius 3 is 2.89 bits per heavy atom. The molecule has 4 heteroatoms. The molecular formula is C14H18N2O2. The minimum Gasteiger partial charge on any atom is -0.458 e. The second kappa shape index (κ2) is 6.93.